The van der Waals surface area contributed by atoms with Gasteiger partial charge in [-0.25, -0.2) is 4.79 Å². The van der Waals surface area contributed by atoms with Crippen LogP contribution in [0.1, 0.15) is 6.42 Å². The number of hydrogen-bond donors (Lipinski definition) is 2. The maximum Gasteiger partial charge on any atom is 0.392 e. The molecular weight excluding hydrogens is 251 g/mol. The van der Waals surface area contributed by atoms with Crippen LogP contribution in [-0.2, 0) is 7.05 Å². The Hall–Kier alpha value is -1.80. The highest BCUT2D eigenvalue weighted by molar-refractivity contribution is 5.87. The number of hydrogen-bond acceptors (Lipinski definition) is 3. The normalized spacial score (nSPS) is 22.7. The first kappa shape index (κ1) is 12.7. The maximum absolute atomic E-state index is 12.2. The fourth-order valence-corrected chi connectivity index (χ4v) is 1.66. The molecule has 18 heavy (non-hydrogen) atoms. The van der Waals surface area contributed by atoms with Gasteiger partial charge >= 0.3 is 12.2 Å². The molecular formula is C9H12F3N5O. The van der Waals surface area contributed by atoms with Gasteiger partial charge in [0.05, 0.1) is 12.1 Å². The molecule has 2 amide bonds. The monoisotopic (exact) mass is 263 g/mol. The van der Waals surface area contributed by atoms with Crippen LogP contribution in [-0.4, -0.2) is 33.7 Å². The van der Waals surface area contributed by atoms with Crippen molar-refractivity contribution in [1.82, 2.24) is 20.3 Å². The van der Waals surface area contributed by atoms with Gasteiger partial charge in [-0.05, 0) is 12.3 Å². The summed E-state index contributed by atoms with van der Waals surface area (Å²) in [5, 5.41) is 12.0. The first-order chi connectivity index (χ1) is 8.36. The third-order valence-corrected chi connectivity index (χ3v) is 2.71. The van der Waals surface area contributed by atoms with Crippen LogP contribution >= 0.6 is 0 Å². The van der Waals surface area contributed by atoms with Gasteiger partial charge in [0.15, 0.2) is 5.82 Å². The third-order valence-electron chi connectivity index (χ3n) is 2.71. The minimum atomic E-state index is -4.16. The largest absolute Gasteiger partial charge is 0.392 e. The molecule has 0 radical (unpaired) electrons. The lowest BCUT2D eigenvalue weighted by molar-refractivity contribution is -0.150. The van der Waals surface area contributed by atoms with Gasteiger partial charge in [0.2, 0.25) is 0 Å². The van der Waals surface area contributed by atoms with Crippen molar-refractivity contribution in [2.24, 2.45) is 18.9 Å². The highest BCUT2D eigenvalue weighted by Crippen LogP contribution is 2.49. The molecule has 1 saturated carbocycles. The molecule has 9 heteroatoms. The van der Waals surface area contributed by atoms with Crippen molar-refractivity contribution in [3.63, 3.8) is 0 Å². The van der Waals surface area contributed by atoms with E-state index < -0.39 is 24.0 Å². The Morgan fingerprint density at radius 2 is 2.33 bits per heavy atom. The fourth-order valence-electron chi connectivity index (χ4n) is 1.66. The number of nitrogens with one attached hydrogen (secondary N) is 2. The Balaban J connectivity index is 1.71. The van der Waals surface area contributed by atoms with E-state index in [1.165, 1.54) is 10.9 Å². The number of alkyl halides is 3. The number of rotatable bonds is 3. The van der Waals surface area contributed by atoms with Gasteiger partial charge in [-0.15, -0.1) is 5.10 Å². The molecule has 0 unspecified atom stereocenters. The summed E-state index contributed by atoms with van der Waals surface area (Å²) in [6.07, 6.45) is -2.60. The maximum atomic E-state index is 12.2. The van der Waals surface area contributed by atoms with Crippen LogP contribution in [0.5, 0.6) is 0 Å². The smallest absolute Gasteiger partial charge is 0.338 e. The van der Waals surface area contributed by atoms with Gasteiger partial charge in [0.25, 0.3) is 0 Å². The number of halogens is 3. The summed E-state index contributed by atoms with van der Waals surface area (Å²) in [4.78, 5) is 11.3. The van der Waals surface area contributed by atoms with Crippen LogP contribution < -0.4 is 10.6 Å². The fraction of sp³-hybridized carbons (Fsp3) is 0.667. The Kier molecular flexibility index (Phi) is 3.14. The van der Waals surface area contributed by atoms with E-state index in [0.29, 0.717) is 0 Å². The van der Waals surface area contributed by atoms with E-state index in [9.17, 15) is 18.0 Å². The standard InChI is InChI=1S/C9H12F3N5O/c1-17-4-7(15-16-17)14-8(18)13-3-5-2-6(5)9(10,11)12/h4-6H,2-3H2,1H3,(H2,13,14,18)/t5-,6+/m0/s1. The average Bonchev–Trinajstić information content (AvgIpc) is 2.94. The van der Waals surface area contributed by atoms with E-state index in [0.717, 1.165) is 0 Å². The van der Waals surface area contributed by atoms with Crippen LogP contribution in [0.25, 0.3) is 0 Å². The summed E-state index contributed by atoms with van der Waals surface area (Å²) in [6, 6.07) is -0.580. The molecule has 100 valence electrons. The number of carbonyl (C=O) groups is 1. The molecule has 0 aliphatic heterocycles. The van der Waals surface area contributed by atoms with Crippen LogP contribution in [0.2, 0.25) is 0 Å². The highest BCUT2D eigenvalue weighted by atomic mass is 19.4. The number of anilines is 1. The predicted octanol–water partition coefficient (Wildman–Crippen LogP) is 1.14. The number of carbonyl (C=O) groups excluding carboxylic acids is 1. The lowest BCUT2D eigenvalue weighted by Gasteiger charge is -2.06. The zero-order chi connectivity index (χ0) is 13.3. The van der Waals surface area contributed by atoms with Crippen molar-refractivity contribution in [1.29, 1.82) is 0 Å². The molecule has 2 atom stereocenters. The Morgan fingerprint density at radius 1 is 1.61 bits per heavy atom. The molecule has 2 rings (SSSR count). The predicted molar refractivity (Wildman–Crippen MR) is 55.7 cm³/mol. The molecule has 6 nitrogen and oxygen atoms in total. The van der Waals surface area contributed by atoms with Gasteiger partial charge in [0.1, 0.15) is 0 Å². The number of nitrogens with zero attached hydrogens (tertiary/aromatic N) is 3. The van der Waals surface area contributed by atoms with Gasteiger partial charge in [-0.3, -0.25) is 10.00 Å². The lowest BCUT2D eigenvalue weighted by atomic mass is 10.3. The van der Waals surface area contributed by atoms with E-state index in [1.54, 1.807) is 7.05 Å². The van der Waals surface area contributed by atoms with Crippen molar-refractivity contribution in [3.8, 4) is 0 Å². The van der Waals surface area contributed by atoms with Gasteiger partial charge < -0.3 is 5.32 Å². The average molecular weight is 263 g/mol. The summed E-state index contributed by atoms with van der Waals surface area (Å²) >= 11 is 0. The molecule has 1 aromatic heterocycles. The summed E-state index contributed by atoms with van der Waals surface area (Å²) in [5.74, 6) is -1.55. The van der Waals surface area contributed by atoms with Gasteiger partial charge in [0, 0.05) is 13.6 Å². The molecule has 1 heterocycles. The Bertz CT molecular complexity index is 444. The molecule has 1 aliphatic carbocycles. The zero-order valence-corrected chi connectivity index (χ0v) is 9.53. The van der Waals surface area contributed by atoms with E-state index in [4.69, 9.17) is 0 Å². The van der Waals surface area contributed by atoms with Crippen molar-refractivity contribution in [2.45, 2.75) is 12.6 Å². The quantitative estimate of drug-likeness (QED) is 0.858. The second-order valence-corrected chi connectivity index (χ2v) is 4.26. The van der Waals surface area contributed by atoms with Crippen LogP contribution in [0.15, 0.2) is 6.20 Å². The molecule has 1 fully saturated rings. The number of aromatic nitrogens is 3. The van der Waals surface area contributed by atoms with E-state index in [1.807, 2.05) is 0 Å². The Morgan fingerprint density at radius 3 is 2.83 bits per heavy atom. The molecule has 1 aliphatic rings. The van der Waals surface area contributed by atoms with E-state index in [2.05, 4.69) is 20.9 Å². The summed E-state index contributed by atoms with van der Waals surface area (Å²) in [6.45, 7) is 0.0102. The summed E-state index contributed by atoms with van der Waals surface area (Å²) < 4.78 is 38.0. The molecule has 1 aromatic rings. The minimum absolute atomic E-state index is 0.0102. The lowest BCUT2D eigenvalue weighted by Crippen LogP contribution is -2.31. The number of urea groups is 1. The molecule has 2 N–H and O–H groups in total. The van der Waals surface area contributed by atoms with Crippen molar-refractivity contribution in [2.75, 3.05) is 11.9 Å². The molecule has 0 spiro atoms. The topological polar surface area (TPSA) is 71.8 Å². The SMILES string of the molecule is Cn1cc(NC(=O)NC[C@@H]2C[C@H]2C(F)(F)F)nn1. The Labute approximate surface area is 101 Å². The summed E-state index contributed by atoms with van der Waals surface area (Å²) in [5.41, 5.74) is 0. The van der Waals surface area contributed by atoms with Crippen LogP contribution in [0.3, 0.4) is 0 Å². The van der Waals surface area contributed by atoms with Gasteiger partial charge in [-0.1, -0.05) is 5.21 Å². The minimum Gasteiger partial charge on any atom is -0.338 e. The van der Waals surface area contributed by atoms with Crippen molar-refractivity contribution in [3.05, 3.63) is 6.20 Å². The highest BCUT2D eigenvalue weighted by Gasteiger charge is 2.55. The van der Waals surface area contributed by atoms with Crippen LogP contribution in [0, 0.1) is 11.8 Å². The number of aryl methyl sites for hydroxylation is 1. The van der Waals surface area contributed by atoms with Gasteiger partial charge in [-0.2, -0.15) is 13.2 Å². The van der Waals surface area contributed by atoms with E-state index in [-0.39, 0.29) is 18.8 Å². The molecule has 0 saturated heterocycles. The number of amides is 2. The first-order valence-electron chi connectivity index (χ1n) is 5.34. The summed E-state index contributed by atoms with van der Waals surface area (Å²) in [7, 11) is 1.63. The first-order valence-corrected chi connectivity index (χ1v) is 5.34. The van der Waals surface area contributed by atoms with Crippen LogP contribution in [0.4, 0.5) is 23.8 Å². The second-order valence-electron chi connectivity index (χ2n) is 4.26. The zero-order valence-electron chi connectivity index (χ0n) is 9.53. The second kappa shape index (κ2) is 4.46. The third kappa shape index (κ3) is 3.11. The van der Waals surface area contributed by atoms with Crippen molar-refractivity contribution >= 4 is 11.8 Å². The molecule has 0 bridgehead atoms. The molecule has 0 aromatic carbocycles. The van der Waals surface area contributed by atoms with Crippen molar-refractivity contribution < 1.29 is 18.0 Å². The van der Waals surface area contributed by atoms with E-state index >= 15 is 0 Å².